The number of aliphatic hydroxyl groups excluding tert-OH is 1. The van der Waals surface area contributed by atoms with Crippen LogP contribution >= 0.6 is 0 Å². The number of rotatable bonds is 10. The van der Waals surface area contributed by atoms with Crippen LogP contribution in [0.25, 0.3) is 0 Å². The molecular formula is C14H24O3. The van der Waals surface area contributed by atoms with Crippen LogP contribution in [0.2, 0.25) is 0 Å². The van der Waals surface area contributed by atoms with Crippen LogP contribution < -0.4 is 0 Å². The van der Waals surface area contributed by atoms with Gasteiger partial charge in [0.05, 0.1) is 6.10 Å². The van der Waals surface area contributed by atoms with Crippen LogP contribution in [0.5, 0.6) is 0 Å². The van der Waals surface area contributed by atoms with E-state index in [-0.39, 0.29) is 6.10 Å². The molecule has 0 saturated carbocycles. The molecule has 3 nitrogen and oxygen atoms in total. The summed E-state index contributed by atoms with van der Waals surface area (Å²) in [5.74, 6) is -0.696. The molecule has 0 aromatic carbocycles. The lowest BCUT2D eigenvalue weighted by atomic mass is 10.1. The Hall–Kier alpha value is -1.09. The van der Waals surface area contributed by atoms with Gasteiger partial charge in [0.25, 0.3) is 0 Å². The SMILES string of the molecule is CC(O)/C=C/C=C/CCCCCCCC(=O)O. The molecule has 17 heavy (non-hydrogen) atoms. The van der Waals surface area contributed by atoms with Crippen molar-refractivity contribution in [1.82, 2.24) is 0 Å². The molecule has 0 aromatic heterocycles. The average molecular weight is 240 g/mol. The number of unbranched alkanes of at least 4 members (excludes halogenated alkanes) is 5. The minimum Gasteiger partial charge on any atom is -0.481 e. The van der Waals surface area contributed by atoms with E-state index in [1.165, 1.54) is 0 Å². The Morgan fingerprint density at radius 1 is 1.12 bits per heavy atom. The third kappa shape index (κ3) is 14.9. The van der Waals surface area contributed by atoms with Crippen LogP contribution in [0.3, 0.4) is 0 Å². The molecule has 0 fully saturated rings. The van der Waals surface area contributed by atoms with Crippen molar-refractivity contribution < 1.29 is 15.0 Å². The summed E-state index contributed by atoms with van der Waals surface area (Å²) in [6.07, 6.45) is 13.8. The average Bonchev–Trinajstić information content (AvgIpc) is 2.25. The molecule has 2 N–H and O–H groups in total. The van der Waals surface area contributed by atoms with Gasteiger partial charge in [-0.25, -0.2) is 0 Å². The number of hydrogen-bond donors (Lipinski definition) is 2. The highest BCUT2D eigenvalue weighted by Crippen LogP contribution is 2.07. The maximum absolute atomic E-state index is 10.2. The van der Waals surface area contributed by atoms with Gasteiger partial charge in [-0.15, -0.1) is 0 Å². The summed E-state index contributed by atoms with van der Waals surface area (Å²) in [5, 5.41) is 17.4. The molecule has 0 saturated heterocycles. The van der Waals surface area contributed by atoms with Crippen molar-refractivity contribution in [2.24, 2.45) is 0 Å². The molecule has 0 aliphatic heterocycles. The molecule has 0 heterocycles. The van der Waals surface area contributed by atoms with E-state index < -0.39 is 5.97 Å². The highest BCUT2D eigenvalue weighted by atomic mass is 16.4. The maximum Gasteiger partial charge on any atom is 0.303 e. The summed E-state index contributed by atoms with van der Waals surface area (Å²) < 4.78 is 0. The quantitative estimate of drug-likeness (QED) is 0.455. The second-order valence-electron chi connectivity index (χ2n) is 4.25. The van der Waals surface area contributed by atoms with Crippen molar-refractivity contribution in [3.8, 4) is 0 Å². The van der Waals surface area contributed by atoms with Gasteiger partial charge in [-0.05, 0) is 26.2 Å². The number of carboxylic acid groups (broad SMARTS) is 1. The second-order valence-corrected chi connectivity index (χ2v) is 4.25. The fourth-order valence-corrected chi connectivity index (χ4v) is 1.47. The van der Waals surface area contributed by atoms with E-state index in [4.69, 9.17) is 10.2 Å². The fourth-order valence-electron chi connectivity index (χ4n) is 1.47. The van der Waals surface area contributed by atoms with E-state index >= 15 is 0 Å². The summed E-state index contributed by atoms with van der Waals surface area (Å²) in [5.41, 5.74) is 0. The van der Waals surface area contributed by atoms with Crippen LogP contribution in [-0.4, -0.2) is 22.3 Å². The smallest absolute Gasteiger partial charge is 0.303 e. The van der Waals surface area contributed by atoms with Gasteiger partial charge in [0.1, 0.15) is 0 Å². The molecule has 98 valence electrons. The first kappa shape index (κ1) is 15.9. The zero-order valence-electron chi connectivity index (χ0n) is 10.6. The van der Waals surface area contributed by atoms with Gasteiger partial charge < -0.3 is 10.2 Å². The van der Waals surface area contributed by atoms with Crippen molar-refractivity contribution in [2.75, 3.05) is 0 Å². The number of carbonyl (C=O) groups is 1. The standard InChI is InChI=1S/C14H24O3/c1-13(15)11-9-7-5-3-2-4-6-8-10-12-14(16)17/h5,7,9,11,13,15H,2-4,6,8,10,12H2,1H3,(H,16,17)/b7-5+,11-9+. The molecule has 0 amide bonds. The van der Waals surface area contributed by atoms with E-state index in [1.54, 1.807) is 13.0 Å². The Labute approximate surface area is 104 Å². The molecule has 1 unspecified atom stereocenters. The highest BCUT2D eigenvalue weighted by molar-refractivity contribution is 5.66. The van der Waals surface area contributed by atoms with Gasteiger partial charge in [0.2, 0.25) is 0 Å². The van der Waals surface area contributed by atoms with Gasteiger partial charge in [0.15, 0.2) is 0 Å². The summed E-state index contributed by atoms with van der Waals surface area (Å²) >= 11 is 0. The third-order valence-corrected chi connectivity index (χ3v) is 2.40. The predicted molar refractivity (Wildman–Crippen MR) is 69.9 cm³/mol. The molecule has 0 rings (SSSR count). The number of hydrogen-bond acceptors (Lipinski definition) is 2. The van der Waals surface area contributed by atoms with Gasteiger partial charge in [0, 0.05) is 6.42 Å². The monoisotopic (exact) mass is 240 g/mol. The zero-order chi connectivity index (χ0) is 12.9. The summed E-state index contributed by atoms with van der Waals surface area (Å²) in [6.45, 7) is 1.72. The largest absolute Gasteiger partial charge is 0.481 e. The van der Waals surface area contributed by atoms with Crippen LogP contribution in [0.1, 0.15) is 51.9 Å². The van der Waals surface area contributed by atoms with Gasteiger partial charge in [-0.3, -0.25) is 4.79 Å². The minimum atomic E-state index is -0.696. The molecule has 3 heteroatoms. The Kier molecular flexibility index (Phi) is 10.7. The first-order valence-corrected chi connectivity index (χ1v) is 6.36. The van der Waals surface area contributed by atoms with Gasteiger partial charge in [-0.1, -0.05) is 43.6 Å². The number of aliphatic hydroxyl groups is 1. The normalized spacial score (nSPS) is 13.5. The van der Waals surface area contributed by atoms with E-state index in [0.29, 0.717) is 6.42 Å². The van der Waals surface area contributed by atoms with E-state index in [9.17, 15) is 4.79 Å². The van der Waals surface area contributed by atoms with E-state index in [2.05, 4.69) is 6.08 Å². The highest BCUT2D eigenvalue weighted by Gasteiger charge is 1.95. The van der Waals surface area contributed by atoms with Crippen LogP contribution in [-0.2, 0) is 4.79 Å². The molecular weight excluding hydrogens is 216 g/mol. The van der Waals surface area contributed by atoms with E-state index in [1.807, 2.05) is 12.2 Å². The van der Waals surface area contributed by atoms with Crippen molar-refractivity contribution in [1.29, 1.82) is 0 Å². The Balaban J connectivity index is 3.21. The Bertz CT molecular complexity index is 242. The Morgan fingerprint density at radius 3 is 2.41 bits per heavy atom. The second kappa shape index (κ2) is 11.4. The first-order valence-electron chi connectivity index (χ1n) is 6.36. The lowest BCUT2D eigenvalue weighted by molar-refractivity contribution is -0.137. The predicted octanol–water partition coefficient (Wildman–Crippen LogP) is 3.29. The van der Waals surface area contributed by atoms with Crippen LogP contribution in [0.4, 0.5) is 0 Å². The molecule has 1 atom stereocenters. The van der Waals surface area contributed by atoms with Gasteiger partial charge >= 0.3 is 5.97 Å². The van der Waals surface area contributed by atoms with Crippen LogP contribution in [0.15, 0.2) is 24.3 Å². The van der Waals surface area contributed by atoms with Crippen molar-refractivity contribution >= 4 is 5.97 Å². The van der Waals surface area contributed by atoms with Crippen LogP contribution in [0, 0.1) is 0 Å². The lowest BCUT2D eigenvalue weighted by Crippen LogP contribution is -1.93. The summed E-state index contributed by atoms with van der Waals surface area (Å²) in [6, 6.07) is 0. The Morgan fingerprint density at radius 2 is 1.76 bits per heavy atom. The van der Waals surface area contributed by atoms with E-state index in [0.717, 1.165) is 38.5 Å². The number of allylic oxidation sites excluding steroid dienone is 3. The van der Waals surface area contributed by atoms with Gasteiger partial charge in [-0.2, -0.15) is 0 Å². The molecule has 0 bridgehead atoms. The molecule has 0 aliphatic rings. The third-order valence-electron chi connectivity index (χ3n) is 2.40. The fraction of sp³-hybridized carbons (Fsp3) is 0.643. The molecule has 0 spiro atoms. The minimum absolute atomic E-state index is 0.296. The summed E-state index contributed by atoms with van der Waals surface area (Å²) in [7, 11) is 0. The number of carboxylic acids is 1. The molecule has 0 aromatic rings. The summed E-state index contributed by atoms with van der Waals surface area (Å²) in [4.78, 5) is 10.2. The first-order chi connectivity index (χ1) is 8.13. The van der Waals surface area contributed by atoms with Crippen molar-refractivity contribution in [3.63, 3.8) is 0 Å². The molecule has 0 radical (unpaired) electrons. The maximum atomic E-state index is 10.2. The number of aliphatic carboxylic acids is 1. The topological polar surface area (TPSA) is 57.5 Å². The molecule has 0 aliphatic carbocycles. The van der Waals surface area contributed by atoms with Crippen molar-refractivity contribution in [2.45, 2.75) is 58.0 Å². The van der Waals surface area contributed by atoms with Crippen molar-refractivity contribution in [3.05, 3.63) is 24.3 Å². The zero-order valence-corrected chi connectivity index (χ0v) is 10.6. The lowest BCUT2D eigenvalue weighted by Gasteiger charge is -1.97.